The first-order chi connectivity index (χ1) is 9.70. The van der Waals surface area contributed by atoms with Crippen LogP contribution in [0.1, 0.15) is 29.5 Å². The second kappa shape index (κ2) is 6.65. The molecule has 4 N–H and O–H groups in total. The Balaban J connectivity index is 2.00. The lowest BCUT2D eigenvalue weighted by molar-refractivity contribution is 0.0953. The molecule has 0 saturated carbocycles. The molecular weight excluding hydrogens is 254 g/mol. The minimum absolute atomic E-state index is 0.101. The standard InChI is InChI=1S/C15H19N3O2/c1-2-7-17-15(19)11-5-6-14(13(16)9-11)18-10-12-4-3-8-20-12/h3-6,8-9,18H,2,7,10,16H2,1H3,(H,17,19). The van der Waals surface area contributed by atoms with Crippen LogP contribution in [0.15, 0.2) is 41.0 Å². The van der Waals surface area contributed by atoms with Gasteiger partial charge in [0, 0.05) is 12.1 Å². The van der Waals surface area contributed by atoms with E-state index in [2.05, 4.69) is 10.6 Å². The molecule has 0 radical (unpaired) electrons. The molecule has 0 fully saturated rings. The Kier molecular flexibility index (Phi) is 4.65. The fraction of sp³-hybridized carbons (Fsp3) is 0.267. The monoisotopic (exact) mass is 273 g/mol. The van der Waals surface area contributed by atoms with Gasteiger partial charge in [0.2, 0.25) is 0 Å². The summed E-state index contributed by atoms with van der Waals surface area (Å²) >= 11 is 0. The maximum absolute atomic E-state index is 11.8. The number of rotatable bonds is 6. The number of hydrogen-bond acceptors (Lipinski definition) is 4. The van der Waals surface area contributed by atoms with E-state index in [1.54, 1.807) is 24.5 Å². The van der Waals surface area contributed by atoms with Gasteiger partial charge in [-0.25, -0.2) is 0 Å². The van der Waals surface area contributed by atoms with Crippen molar-refractivity contribution in [2.45, 2.75) is 19.9 Å². The van der Waals surface area contributed by atoms with Gasteiger partial charge in [-0.05, 0) is 36.8 Å². The zero-order chi connectivity index (χ0) is 14.4. The molecule has 0 aliphatic heterocycles. The van der Waals surface area contributed by atoms with Gasteiger partial charge >= 0.3 is 0 Å². The Hall–Kier alpha value is -2.43. The molecule has 5 nitrogen and oxygen atoms in total. The van der Waals surface area contributed by atoms with E-state index in [0.717, 1.165) is 17.9 Å². The molecule has 1 aromatic carbocycles. The van der Waals surface area contributed by atoms with Crippen LogP contribution in [-0.4, -0.2) is 12.5 Å². The average molecular weight is 273 g/mol. The van der Waals surface area contributed by atoms with Gasteiger partial charge in [-0.15, -0.1) is 0 Å². The Bertz CT molecular complexity index is 565. The van der Waals surface area contributed by atoms with E-state index in [-0.39, 0.29) is 5.91 Å². The van der Waals surface area contributed by atoms with Crippen LogP contribution in [-0.2, 0) is 6.54 Å². The highest BCUT2D eigenvalue weighted by atomic mass is 16.3. The number of benzene rings is 1. The third kappa shape index (κ3) is 3.54. The van der Waals surface area contributed by atoms with Crippen molar-refractivity contribution in [3.8, 4) is 0 Å². The van der Waals surface area contributed by atoms with E-state index in [1.165, 1.54) is 0 Å². The quantitative estimate of drug-likeness (QED) is 0.707. The van der Waals surface area contributed by atoms with Gasteiger partial charge in [-0.2, -0.15) is 0 Å². The van der Waals surface area contributed by atoms with Gasteiger partial charge in [0.25, 0.3) is 5.91 Å². The third-order valence-electron chi connectivity index (χ3n) is 2.88. The molecule has 0 aliphatic rings. The summed E-state index contributed by atoms with van der Waals surface area (Å²) in [6.07, 6.45) is 2.53. The number of nitrogens with two attached hydrogens (primary N) is 1. The predicted molar refractivity (Wildman–Crippen MR) is 79.5 cm³/mol. The van der Waals surface area contributed by atoms with Gasteiger partial charge < -0.3 is 20.8 Å². The average Bonchev–Trinajstić information content (AvgIpc) is 2.96. The van der Waals surface area contributed by atoms with E-state index in [9.17, 15) is 4.79 Å². The number of hydrogen-bond donors (Lipinski definition) is 3. The second-order valence-electron chi connectivity index (χ2n) is 4.49. The minimum atomic E-state index is -0.101. The van der Waals surface area contributed by atoms with Crippen molar-refractivity contribution >= 4 is 17.3 Å². The van der Waals surface area contributed by atoms with Crippen molar-refractivity contribution in [1.29, 1.82) is 0 Å². The number of carbonyl (C=O) groups is 1. The number of nitrogen functional groups attached to an aromatic ring is 1. The topological polar surface area (TPSA) is 80.3 Å². The molecule has 5 heteroatoms. The van der Waals surface area contributed by atoms with Crippen molar-refractivity contribution in [3.63, 3.8) is 0 Å². The second-order valence-corrected chi connectivity index (χ2v) is 4.49. The van der Waals surface area contributed by atoms with E-state index >= 15 is 0 Å². The smallest absolute Gasteiger partial charge is 0.251 e. The van der Waals surface area contributed by atoms with Gasteiger partial charge in [0.05, 0.1) is 24.2 Å². The molecule has 0 saturated heterocycles. The van der Waals surface area contributed by atoms with Crippen molar-refractivity contribution < 1.29 is 9.21 Å². The van der Waals surface area contributed by atoms with Gasteiger partial charge in [-0.1, -0.05) is 6.92 Å². The highest BCUT2D eigenvalue weighted by molar-refractivity contribution is 5.96. The van der Waals surface area contributed by atoms with Crippen molar-refractivity contribution in [3.05, 3.63) is 47.9 Å². The van der Waals surface area contributed by atoms with Crippen molar-refractivity contribution in [1.82, 2.24) is 5.32 Å². The van der Waals surface area contributed by atoms with Gasteiger partial charge in [0.1, 0.15) is 5.76 Å². The Morgan fingerprint density at radius 1 is 1.35 bits per heavy atom. The molecule has 20 heavy (non-hydrogen) atoms. The Labute approximate surface area is 118 Å². The summed E-state index contributed by atoms with van der Waals surface area (Å²) in [5, 5.41) is 5.99. The van der Waals surface area contributed by atoms with Crippen molar-refractivity contribution in [2.75, 3.05) is 17.6 Å². The summed E-state index contributed by atoms with van der Waals surface area (Å²) in [4.78, 5) is 11.8. The summed E-state index contributed by atoms with van der Waals surface area (Å²) < 4.78 is 5.23. The first kappa shape index (κ1) is 14.0. The van der Waals surface area contributed by atoms with E-state index < -0.39 is 0 Å². The van der Waals surface area contributed by atoms with E-state index in [4.69, 9.17) is 10.2 Å². The lowest BCUT2D eigenvalue weighted by Crippen LogP contribution is -2.24. The van der Waals surface area contributed by atoms with Crippen LogP contribution >= 0.6 is 0 Å². The van der Waals surface area contributed by atoms with Gasteiger partial charge in [0.15, 0.2) is 0 Å². The number of carbonyl (C=O) groups excluding carboxylic acids is 1. The van der Waals surface area contributed by atoms with Crippen LogP contribution in [0.4, 0.5) is 11.4 Å². The summed E-state index contributed by atoms with van der Waals surface area (Å²) in [5.74, 6) is 0.727. The molecule has 1 heterocycles. The number of anilines is 2. The van der Waals surface area contributed by atoms with Crippen LogP contribution in [0.3, 0.4) is 0 Å². The lowest BCUT2D eigenvalue weighted by atomic mass is 10.1. The van der Waals surface area contributed by atoms with E-state index in [0.29, 0.717) is 24.3 Å². The number of furan rings is 1. The molecule has 2 rings (SSSR count). The Morgan fingerprint density at radius 2 is 2.20 bits per heavy atom. The molecule has 2 aromatic rings. The lowest BCUT2D eigenvalue weighted by Gasteiger charge is -2.10. The third-order valence-corrected chi connectivity index (χ3v) is 2.88. The molecule has 0 atom stereocenters. The SMILES string of the molecule is CCCNC(=O)c1ccc(NCc2ccco2)c(N)c1. The summed E-state index contributed by atoms with van der Waals surface area (Å²) in [6, 6.07) is 8.96. The molecule has 0 spiro atoms. The largest absolute Gasteiger partial charge is 0.467 e. The molecule has 0 aliphatic carbocycles. The highest BCUT2D eigenvalue weighted by Crippen LogP contribution is 2.20. The molecule has 1 amide bonds. The van der Waals surface area contributed by atoms with Crippen LogP contribution < -0.4 is 16.4 Å². The minimum Gasteiger partial charge on any atom is -0.467 e. The zero-order valence-electron chi connectivity index (χ0n) is 11.5. The molecule has 1 aromatic heterocycles. The van der Waals surface area contributed by atoms with Crippen LogP contribution in [0.25, 0.3) is 0 Å². The fourth-order valence-electron chi connectivity index (χ4n) is 1.80. The highest BCUT2D eigenvalue weighted by Gasteiger charge is 2.07. The fourth-order valence-corrected chi connectivity index (χ4v) is 1.80. The Morgan fingerprint density at radius 3 is 2.85 bits per heavy atom. The zero-order valence-corrected chi connectivity index (χ0v) is 11.5. The maximum Gasteiger partial charge on any atom is 0.251 e. The normalized spacial score (nSPS) is 10.2. The molecular formula is C15H19N3O2. The van der Waals surface area contributed by atoms with E-state index in [1.807, 2.05) is 19.1 Å². The number of nitrogens with one attached hydrogen (secondary N) is 2. The van der Waals surface area contributed by atoms with Crippen LogP contribution in [0.2, 0.25) is 0 Å². The summed E-state index contributed by atoms with van der Waals surface area (Å²) in [5.41, 5.74) is 7.85. The first-order valence-corrected chi connectivity index (χ1v) is 6.64. The van der Waals surface area contributed by atoms with Crippen molar-refractivity contribution in [2.24, 2.45) is 0 Å². The predicted octanol–water partition coefficient (Wildman–Crippen LogP) is 2.61. The number of amides is 1. The summed E-state index contributed by atoms with van der Waals surface area (Å²) in [7, 11) is 0. The molecule has 0 unspecified atom stereocenters. The molecule has 106 valence electrons. The van der Waals surface area contributed by atoms with Crippen LogP contribution in [0.5, 0.6) is 0 Å². The molecule has 0 bridgehead atoms. The maximum atomic E-state index is 11.8. The van der Waals surface area contributed by atoms with Crippen LogP contribution in [0, 0.1) is 0 Å². The first-order valence-electron chi connectivity index (χ1n) is 6.64. The summed E-state index contributed by atoms with van der Waals surface area (Å²) in [6.45, 7) is 3.23. The van der Waals surface area contributed by atoms with Gasteiger partial charge in [-0.3, -0.25) is 4.79 Å².